The predicted molar refractivity (Wildman–Crippen MR) is 147 cm³/mol. The highest BCUT2D eigenvalue weighted by Gasteiger charge is 2.35. The first kappa shape index (κ1) is 25.2. The molecule has 1 aliphatic heterocycles. The van der Waals surface area contributed by atoms with Crippen molar-refractivity contribution in [3.63, 3.8) is 0 Å². The zero-order valence-electron chi connectivity index (χ0n) is 20.2. The number of amidine groups is 1. The Morgan fingerprint density at radius 2 is 1.76 bits per heavy atom. The van der Waals surface area contributed by atoms with Crippen LogP contribution >= 0.6 is 23.4 Å². The number of amides is 2. The molecule has 1 fully saturated rings. The van der Waals surface area contributed by atoms with Crippen LogP contribution in [0.5, 0.6) is 0 Å². The van der Waals surface area contributed by atoms with Gasteiger partial charge in [0.05, 0.1) is 16.9 Å². The fraction of sp³-hybridized carbons (Fsp3) is 0.120. The van der Waals surface area contributed by atoms with Gasteiger partial charge in [-0.25, -0.2) is 15.2 Å². The zero-order valence-corrected chi connectivity index (χ0v) is 21.7. The third-order valence-corrected chi connectivity index (χ3v) is 7.02. The van der Waals surface area contributed by atoms with Gasteiger partial charge in [0.15, 0.2) is 16.3 Å². The van der Waals surface area contributed by atoms with E-state index in [1.807, 2.05) is 30.3 Å². The van der Waals surface area contributed by atoms with Crippen molar-refractivity contribution in [1.29, 1.82) is 0 Å². The highest BCUT2D eigenvalue weighted by atomic mass is 35.5. The molecule has 0 radical (unpaired) electrons. The Bertz CT molecular complexity index is 1750. The van der Waals surface area contributed by atoms with Gasteiger partial charge in [-0.15, -0.1) is 5.10 Å². The van der Waals surface area contributed by atoms with Gasteiger partial charge in [-0.1, -0.05) is 41.9 Å². The molecule has 1 aliphatic rings. The first-order chi connectivity index (χ1) is 18.2. The van der Waals surface area contributed by atoms with Crippen LogP contribution in [0.4, 0.5) is 5.69 Å². The summed E-state index contributed by atoms with van der Waals surface area (Å²) in [6.45, 7) is -0.285. The van der Waals surface area contributed by atoms with Crippen molar-refractivity contribution in [3.05, 3.63) is 97.3 Å². The Morgan fingerprint density at radius 1 is 1.05 bits per heavy atom. The number of thioether (sulfide) groups is 1. The van der Waals surface area contributed by atoms with Crippen molar-refractivity contribution in [3.8, 4) is 0 Å². The lowest BCUT2D eigenvalue weighted by Crippen LogP contribution is -2.38. The maximum Gasteiger partial charge on any atom is 0.332 e. The number of imidazole rings is 1. The minimum Gasteiger partial charge on any atom is -0.315 e. The summed E-state index contributed by atoms with van der Waals surface area (Å²) in [6, 6.07) is 16.0. The number of rotatable bonds is 5. The summed E-state index contributed by atoms with van der Waals surface area (Å²) in [4.78, 5) is 56.8. The van der Waals surface area contributed by atoms with Gasteiger partial charge in [-0.05, 0) is 47.7 Å². The second-order valence-electron chi connectivity index (χ2n) is 8.32. The zero-order chi connectivity index (χ0) is 27.0. The molecule has 3 heterocycles. The first-order valence-corrected chi connectivity index (χ1v) is 12.5. The molecule has 1 N–H and O–H groups in total. The van der Waals surface area contributed by atoms with Crippen LogP contribution in [0, 0.1) is 0 Å². The summed E-state index contributed by atoms with van der Waals surface area (Å²) < 4.78 is 3.53. The van der Waals surface area contributed by atoms with Crippen molar-refractivity contribution >= 4 is 63.3 Å². The number of fused-ring (bicyclic) bond motifs is 1. The van der Waals surface area contributed by atoms with E-state index in [4.69, 9.17) is 11.6 Å². The number of benzene rings is 2. The Hall–Kier alpha value is -4.42. The van der Waals surface area contributed by atoms with Crippen LogP contribution in [0.2, 0.25) is 5.02 Å². The number of nitrogens with zero attached hydrogens (tertiary/aromatic N) is 6. The molecule has 0 bridgehead atoms. The van der Waals surface area contributed by atoms with Crippen molar-refractivity contribution in [2.24, 2.45) is 19.2 Å². The van der Waals surface area contributed by atoms with Gasteiger partial charge in [0.1, 0.15) is 6.54 Å². The molecule has 4 aromatic rings. The maximum absolute atomic E-state index is 13.3. The molecule has 1 saturated heterocycles. The number of carbonyl (C=O) groups excluding carboxylic acids is 2. The van der Waals surface area contributed by atoms with E-state index in [9.17, 15) is 19.2 Å². The Labute approximate surface area is 224 Å². The molecule has 2 aromatic heterocycles. The molecule has 5 rings (SSSR count). The minimum atomic E-state index is -0.568. The van der Waals surface area contributed by atoms with Crippen LogP contribution in [0.15, 0.2) is 80.5 Å². The van der Waals surface area contributed by atoms with Crippen LogP contribution in [0.1, 0.15) is 5.56 Å². The van der Waals surface area contributed by atoms with Gasteiger partial charge in [-0.3, -0.25) is 28.4 Å². The molecule has 0 aliphatic carbocycles. The lowest BCUT2D eigenvalue weighted by molar-refractivity contribution is -0.121. The van der Waals surface area contributed by atoms with Crippen LogP contribution < -0.4 is 21.6 Å². The molecule has 0 atom stereocenters. The molecule has 0 spiro atoms. The van der Waals surface area contributed by atoms with Crippen molar-refractivity contribution in [2.75, 3.05) is 4.90 Å². The summed E-state index contributed by atoms with van der Waals surface area (Å²) in [6.07, 6.45) is 3.06. The van der Waals surface area contributed by atoms with Gasteiger partial charge in [0.25, 0.3) is 17.4 Å². The lowest BCUT2D eigenvalue weighted by Gasteiger charge is -2.15. The largest absolute Gasteiger partial charge is 0.332 e. The molecular weight excluding hydrogens is 530 g/mol. The van der Waals surface area contributed by atoms with E-state index >= 15 is 0 Å². The first-order valence-electron chi connectivity index (χ1n) is 11.3. The fourth-order valence-corrected chi connectivity index (χ4v) is 4.95. The highest BCUT2D eigenvalue weighted by Crippen LogP contribution is 2.36. The number of halogens is 1. The van der Waals surface area contributed by atoms with Crippen molar-refractivity contribution in [1.82, 2.24) is 24.1 Å². The second-order valence-corrected chi connectivity index (χ2v) is 9.76. The standard InChI is InChI=1S/C25H20ClN7O4S/c1-30-21-20(23(36)31(2)25(30)37)32(14-27-21)13-19(34)28-29-24-33(17-10-8-16(26)9-11-17)22(35)18(38-24)12-15-6-4-3-5-7-15/h3-12,14H,13H2,1-2H3,(H,28,34)/b18-12+,29-24+. The summed E-state index contributed by atoms with van der Waals surface area (Å²) >= 11 is 7.13. The van der Waals surface area contributed by atoms with Gasteiger partial charge in [0.2, 0.25) is 0 Å². The van der Waals surface area contributed by atoms with E-state index in [0.29, 0.717) is 15.6 Å². The number of hydrogen-bond acceptors (Lipinski definition) is 7. The molecule has 2 aromatic carbocycles. The highest BCUT2D eigenvalue weighted by molar-refractivity contribution is 8.19. The second kappa shape index (κ2) is 10.1. The van der Waals surface area contributed by atoms with Gasteiger partial charge < -0.3 is 4.57 Å². The number of carbonyl (C=O) groups is 2. The topological polar surface area (TPSA) is 124 Å². The van der Waals surface area contributed by atoms with E-state index in [0.717, 1.165) is 21.9 Å². The normalized spacial score (nSPS) is 15.7. The molecule has 0 saturated carbocycles. The summed E-state index contributed by atoms with van der Waals surface area (Å²) in [5.74, 6) is -0.864. The van der Waals surface area contributed by atoms with Crippen molar-refractivity contribution < 1.29 is 9.59 Å². The molecule has 38 heavy (non-hydrogen) atoms. The number of anilines is 1. The van der Waals surface area contributed by atoms with Gasteiger partial charge >= 0.3 is 5.69 Å². The molecular formula is C25H20ClN7O4S. The number of hydrogen-bond donors (Lipinski definition) is 1. The summed E-state index contributed by atoms with van der Waals surface area (Å²) in [7, 11) is 2.85. The van der Waals surface area contributed by atoms with Crippen LogP contribution in [-0.4, -0.2) is 35.7 Å². The number of aryl methyl sites for hydroxylation is 1. The summed E-state index contributed by atoms with van der Waals surface area (Å²) in [5.41, 5.74) is 3.02. The van der Waals surface area contributed by atoms with Crippen molar-refractivity contribution in [2.45, 2.75) is 6.54 Å². The minimum absolute atomic E-state index is 0.110. The number of hydrazone groups is 1. The third-order valence-electron chi connectivity index (χ3n) is 5.80. The molecule has 2 amide bonds. The lowest BCUT2D eigenvalue weighted by atomic mass is 10.2. The molecule has 0 unspecified atom stereocenters. The Kier molecular flexibility index (Phi) is 6.74. The maximum atomic E-state index is 13.3. The predicted octanol–water partition coefficient (Wildman–Crippen LogP) is 2.30. The van der Waals surface area contributed by atoms with E-state index in [1.54, 1.807) is 30.3 Å². The van der Waals surface area contributed by atoms with E-state index in [1.165, 1.54) is 34.5 Å². The van der Waals surface area contributed by atoms with Crippen LogP contribution in [0.25, 0.3) is 17.2 Å². The Balaban J connectivity index is 1.44. The van der Waals surface area contributed by atoms with Gasteiger partial charge in [0, 0.05) is 19.1 Å². The van der Waals surface area contributed by atoms with Crippen LogP contribution in [0.3, 0.4) is 0 Å². The van der Waals surface area contributed by atoms with E-state index in [-0.39, 0.29) is 28.8 Å². The monoisotopic (exact) mass is 549 g/mol. The SMILES string of the molecule is Cn1c(=O)c2c(ncn2CC(=O)N/N=C2/S/C(=C/c3ccccc3)C(=O)N2c2ccc(Cl)cc2)n(C)c1=O. The molecule has 13 heteroatoms. The number of aromatic nitrogens is 4. The van der Waals surface area contributed by atoms with Crippen LogP contribution in [-0.2, 0) is 30.2 Å². The average molecular weight is 550 g/mol. The Morgan fingerprint density at radius 3 is 2.47 bits per heavy atom. The quantitative estimate of drug-likeness (QED) is 0.301. The van der Waals surface area contributed by atoms with Gasteiger partial charge in [-0.2, -0.15) is 0 Å². The van der Waals surface area contributed by atoms with E-state index in [2.05, 4.69) is 15.5 Å². The summed E-state index contributed by atoms with van der Waals surface area (Å²) in [5, 5.41) is 4.96. The fourth-order valence-electron chi connectivity index (χ4n) is 3.88. The van der Waals surface area contributed by atoms with E-state index < -0.39 is 17.2 Å². The number of nitrogens with one attached hydrogen (secondary N) is 1. The average Bonchev–Trinajstić information content (AvgIpc) is 3.47. The molecule has 11 nitrogen and oxygen atoms in total. The molecule has 192 valence electrons. The third kappa shape index (κ3) is 4.66. The smallest absolute Gasteiger partial charge is 0.315 e.